The van der Waals surface area contributed by atoms with Crippen LogP contribution in [0.15, 0.2) is 43.0 Å². The van der Waals surface area contributed by atoms with Gasteiger partial charge in [0.15, 0.2) is 0 Å². The van der Waals surface area contributed by atoms with Crippen molar-refractivity contribution in [2.75, 3.05) is 19.8 Å². The van der Waals surface area contributed by atoms with Crippen LogP contribution >= 0.6 is 0 Å². The maximum absolute atomic E-state index is 11.9. The Morgan fingerprint density at radius 2 is 2.12 bits per heavy atom. The van der Waals surface area contributed by atoms with Crippen LogP contribution in [0.25, 0.3) is 0 Å². The summed E-state index contributed by atoms with van der Waals surface area (Å²) in [5.74, 6) is -0.0237. The highest BCUT2D eigenvalue weighted by atomic mass is 16.5. The number of carbonyl (C=O) groups is 1. The molecule has 3 heteroatoms. The molecule has 1 aliphatic rings. The lowest BCUT2D eigenvalue weighted by atomic mass is 10.0. The number of amides is 1. The zero-order chi connectivity index (χ0) is 12.1. The molecule has 1 atom stereocenters. The molecule has 1 aliphatic heterocycles. The molecule has 2 rings (SSSR count). The van der Waals surface area contributed by atoms with E-state index in [2.05, 4.69) is 18.7 Å². The van der Waals surface area contributed by atoms with Crippen LogP contribution in [0.4, 0.5) is 0 Å². The molecule has 3 nitrogen and oxygen atoms in total. The summed E-state index contributed by atoms with van der Waals surface area (Å²) in [4.78, 5) is 13.7. The first kappa shape index (κ1) is 11.9. The van der Waals surface area contributed by atoms with Crippen molar-refractivity contribution in [2.24, 2.45) is 0 Å². The number of benzene rings is 1. The quantitative estimate of drug-likeness (QED) is 0.730. The molecule has 0 aromatic heterocycles. The van der Waals surface area contributed by atoms with E-state index in [1.165, 1.54) is 6.08 Å². The third kappa shape index (κ3) is 2.74. The lowest BCUT2D eigenvalue weighted by Gasteiger charge is -2.28. The van der Waals surface area contributed by atoms with Crippen LogP contribution in [0.5, 0.6) is 0 Å². The molecule has 1 aromatic carbocycles. The molecule has 0 saturated carbocycles. The lowest BCUT2D eigenvalue weighted by molar-refractivity contribution is -0.128. The van der Waals surface area contributed by atoms with E-state index in [0.29, 0.717) is 19.8 Å². The van der Waals surface area contributed by atoms with Crippen molar-refractivity contribution in [2.45, 2.75) is 12.5 Å². The number of carbonyl (C=O) groups excluding carboxylic acids is 1. The van der Waals surface area contributed by atoms with Crippen LogP contribution in [0.1, 0.15) is 18.0 Å². The average Bonchev–Trinajstić information content (AvgIpc) is 2.64. The zero-order valence-electron chi connectivity index (χ0n) is 9.84. The van der Waals surface area contributed by atoms with Crippen molar-refractivity contribution in [1.82, 2.24) is 4.90 Å². The Hall–Kier alpha value is -1.61. The summed E-state index contributed by atoms with van der Waals surface area (Å²) in [5.41, 5.74) is 1.16. The van der Waals surface area contributed by atoms with E-state index in [1.54, 1.807) is 0 Å². The molecule has 1 unspecified atom stereocenters. The van der Waals surface area contributed by atoms with Crippen LogP contribution in [0.2, 0.25) is 0 Å². The van der Waals surface area contributed by atoms with Crippen LogP contribution in [-0.2, 0) is 9.53 Å². The monoisotopic (exact) mass is 231 g/mol. The molecule has 1 amide bonds. The Morgan fingerprint density at radius 3 is 2.82 bits per heavy atom. The average molecular weight is 231 g/mol. The van der Waals surface area contributed by atoms with Crippen LogP contribution < -0.4 is 0 Å². The standard InChI is InChI=1S/C14H17NO2/c1-2-14(16)15-9-11-17-10-8-13(15)12-6-4-3-5-7-12/h2-7,13H,1,8-11H2. The normalized spacial score (nSPS) is 20.7. The van der Waals surface area contributed by atoms with Gasteiger partial charge in [0.05, 0.1) is 12.6 Å². The molecular weight excluding hydrogens is 214 g/mol. The van der Waals surface area contributed by atoms with Gasteiger partial charge < -0.3 is 9.64 Å². The molecule has 1 aromatic rings. The van der Waals surface area contributed by atoms with Gasteiger partial charge in [-0.25, -0.2) is 0 Å². The van der Waals surface area contributed by atoms with Crippen LogP contribution in [-0.4, -0.2) is 30.6 Å². The second kappa shape index (κ2) is 5.64. The van der Waals surface area contributed by atoms with Crippen molar-refractivity contribution >= 4 is 5.91 Å². The van der Waals surface area contributed by atoms with Gasteiger partial charge in [0, 0.05) is 13.2 Å². The number of rotatable bonds is 2. The van der Waals surface area contributed by atoms with E-state index in [-0.39, 0.29) is 11.9 Å². The number of hydrogen-bond acceptors (Lipinski definition) is 2. The second-order valence-electron chi connectivity index (χ2n) is 4.06. The molecule has 1 saturated heterocycles. The first-order valence-corrected chi connectivity index (χ1v) is 5.88. The summed E-state index contributed by atoms with van der Waals surface area (Å²) in [6, 6.07) is 10.2. The maximum atomic E-state index is 11.9. The van der Waals surface area contributed by atoms with E-state index in [0.717, 1.165) is 12.0 Å². The molecule has 1 fully saturated rings. The van der Waals surface area contributed by atoms with Crippen LogP contribution in [0, 0.1) is 0 Å². The van der Waals surface area contributed by atoms with Gasteiger partial charge in [-0.15, -0.1) is 0 Å². The fourth-order valence-corrected chi connectivity index (χ4v) is 2.17. The molecule has 0 radical (unpaired) electrons. The fraction of sp³-hybridized carbons (Fsp3) is 0.357. The second-order valence-corrected chi connectivity index (χ2v) is 4.06. The number of hydrogen-bond donors (Lipinski definition) is 0. The summed E-state index contributed by atoms with van der Waals surface area (Å²) in [5, 5.41) is 0. The summed E-state index contributed by atoms with van der Waals surface area (Å²) in [6.45, 7) is 5.49. The Kier molecular flexibility index (Phi) is 3.94. The molecule has 90 valence electrons. The van der Waals surface area contributed by atoms with Gasteiger partial charge in [-0.1, -0.05) is 36.9 Å². The summed E-state index contributed by atoms with van der Waals surface area (Å²) < 4.78 is 5.44. The van der Waals surface area contributed by atoms with Crippen molar-refractivity contribution in [3.8, 4) is 0 Å². The van der Waals surface area contributed by atoms with Gasteiger partial charge in [0.25, 0.3) is 0 Å². The third-order valence-corrected chi connectivity index (χ3v) is 3.03. The highest BCUT2D eigenvalue weighted by Gasteiger charge is 2.25. The smallest absolute Gasteiger partial charge is 0.246 e. The van der Waals surface area contributed by atoms with E-state index in [9.17, 15) is 4.79 Å². The van der Waals surface area contributed by atoms with E-state index >= 15 is 0 Å². The molecule has 0 spiro atoms. The first-order chi connectivity index (χ1) is 8.33. The van der Waals surface area contributed by atoms with Gasteiger partial charge >= 0.3 is 0 Å². The number of ether oxygens (including phenoxy) is 1. The first-order valence-electron chi connectivity index (χ1n) is 5.88. The predicted octanol–water partition coefficient (Wildman–Crippen LogP) is 2.16. The predicted molar refractivity (Wildman–Crippen MR) is 66.5 cm³/mol. The fourth-order valence-electron chi connectivity index (χ4n) is 2.17. The van der Waals surface area contributed by atoms with Gasteiger partial charge in [-0.3, -0.25) is 4.79 Å². The van der Waals surface area contributed by atoms with E-state index < -0.39 is 0 Å². The Balaban J connectivity index is 2.26. The molecule has 17 heavy (non-hydrogen) atoms. The van der Waals surface area contributed by atoms with E-state index in [4.69, 9.17) is 4.74 Å². The minimum Gasteiger partial charge on any atom is -0.380 e. The van der Waals surface area contributed by atoms with Crippen molar-refractivity contribution in [3.05, 3.63) is 48.6 Å². The molecule has 0 N–H and O–H groups in total. The van der Waals surface area contributed by atoms with Gasteiger partial charge in [-0.2, -0.15) is 0 Å². The van der Waals surface area contributed by atoms with Crippen molar-refractivity contribution in [1.29, 1.82) is 0 Å². The minimum absolute atomic E-state index is 0.0237. The molecular formula is C14H17NO2. The third-order valence-electron chi connectivity index (χ3n) is 3.03. The Morgan fingerprint density at radius 1 is 1.35 bits per heavy atom. The summed E-state index contributed by atoms with van der Waals surface area (Å²) >= 11 is 0. The van der Waals surface area contributed by atoms with Crippen LogP contribution in [0.3, 0.4) is 0 Å². The lowest BCUT2D eigenvalue weighted by Crippen LogP contribution is -2.34. The van der Waals surface area contributed by atoms with Gasteiger partial charge in [0.1, 0.15) is 0 Å². The maximum Gasteiger partial charge on any atom is 0.246 e. The summed E-state index contributed by atoms with van der Waals surface area (Å²) in [7, 11) is 0. The largest absolute Gasteiger partial charge is 0.380 e. The molecule has 0 aliphatic carbocycles. The molecule has 0 bridgehead atoms. The topological polar surface area (TPSA) is 29.5 Å². The number of nitrogens with zero attached hydrogens (tertiary/aromatic N) is 1. The van der Waals surface area contributed by atoms with E-state index in [1.807, 2.05) is 23.1 Å². The van der Waals surface area contributed by atoms with Crippen molar-refractivity contribution < 1.29 is 9.53 Å². The van der Waals surface area contributed by atoms with Gasteiger partial charge in [0.2, 0.25) is 5.91 Å². The minimum atomic E-state index is -0.0237. The summed E-state index contributed by atoms with van der Waals surface area (Å²) in [6.07, 6.45) is 2.21. The molecule has 1 heterocycles. The Bertz CT molecular complexity index is 388. The highest BCUT2D eigenvalue weighted by molar-refractivity contribution is 5.87. The SMILES string of the molecule is C=CC(=O)N1CCOCCC1c1ccccc1. The Labute approximate surface area is 102 Å². The zero-order valence-corrected chi connectivity index (χ0v) is 9.84. The highest BCUT2D eigenvalue weighted by Crippen LogP contribution is 2.26. The van der Waals surface area contributed by atoms with Crippen molar-refractivity contribution in [3.63, 3.8) is 0 Å². The van der Waals surface area contributed by atoms with Gasteiger partial charge in [-0.05, 0) is 18.1 Å².